The van der Waals surface area contributed by atoms with Crippen LogP contribution in [0.15, 0.2) is 54.7 Å². The molecule has 5 rings (SSSR count). The number of phenolic OH excluding ortho intramolecular Hbond substituents is 1. The summed E-state index contributed by atoms with van der Waals surface area (Å²) in [5, 5.41) is 14.2. The van der Waals surface area contributed by atoms with Crippen LogP contribution in [0.2, 0.25) is 0 Å². The largest absolute Gasteiger partial charge is 0.508 e. The van der Waals surface area contributed by atoms with Gasteiger partial charge >= 0.3 is 0 Å². The van der Waals surface area contributed by atoms with E-state index in [1.807, 2.05) is 30.5 Å². The van der Waals surface area contributed by atoms with Gasteiger partial charge in [0.1, 0.15) is 5.75 Å². The Labute approximate surface area is 195 Å². The highest BCUT2D eigenvalue weighted by Gasteiger charge is 2.44. The third-order valence-electron chi connectivity index (χ3n) is 7.00. The lowest BCUT2D eigenvalue weighted by Gasteiger charge is -2.37. The van der Waals surface area contributed by atoms with Crippen LogP contribution in [0.4, 0.5) is 0 Å². The molecule has 0 bridgehead atoms. The molecule has 2 aromatic heterocycles. The molecule has 32 heavy (non-hydrogen) atoms. The van der Waals surface area contributed by atoms with E-state index < -0.39 is 0 Å². The van der Waals surface area contributed by atoms with Gasteiger partial charge in [-0.2, -0.15) is 0 Å². The number of hydrogen-bond donors (Lipinski definition) is 2. The summed E-state index contributed by atoms with van der Waals surface area (Å²) >= 11 is 5.92. The van der Waals surface area contributed by atoms with Gasteiger partial charge < -0.3 is 19.9 Å². The van der Waals surface area contributed by atoms with E-state index in [4.69, 9.17) is 17.2 Å². The van der Waals surface area contributed by atoms with Crippen LogP contribution in [0.25, 0.3) is 5.69 Å². The minimum absolute atomic E-state index is 0.0133. The van der Waals surface area contributed by atoms with Crippen LogP contribution in [0.3, 0.4) is 0 Å². The fourth-order valence-corrected chi connectivity index (χ4v) is 5.93. The molecule has 3 aromatic rings. The molecule has 1 aliphatic carbocycles. The molecule has 2 N–H and O–H groups in total. The van der Waals surface area contributed by atoms with Crippen molar-refractivity contribution >= 4 is 17.3 Å². The molecule has 2 unspecified atom stereocenters. The summed E-state index contributed by atoms with van der Waals surface area (Å²) in [5.74, 6) is 0.278. The first-order chi connectivity index (χ1) is 15.5. The number of phenols is 1. The van der Waals surface area contributed by atoms with Crippen molar-refractivity contribution < 1.29 is 5.11 Å². The zero-order valence-electron chi connectivity index (χ0n) is 18.7. The van der Waals surface area contributed by atoms with E-state index in [1.54, 1.807) is 12.1 Å². The molecule has 166 valence electrons. The van der Waals surface area contributed by atoms with Gasteiger partial charge in [0.05, 0.1) is 17.8 Å². The van der Waals surface area contributed by atoms with Gasteiger partial charge in [-0.05, 0) is 86.9 Å². The maximum atomic E-state index is 9.74. The molecule has 3 heterocycles. The molecule has 0 spiro atoms. The van der Waals surface area contributed by atoms with Gasteiger partial charge in [-0.1, -0.05) is 25.3 Å². The maximum Gasteiger partial charge on any atom is 0.170 e. The van der Waals surface area contributed by atoms with Crippen LogP contribution in [-0.2, 0) is 0 Å². The Morgan fingerprint density at radius 1 is 1.03 bits per heavy atom. The number of thiocarbonyl (C=S) groups is 1. The van der Waals surface area contributed by atoms with Crippen molar-refractivity contribution in [1.82, 2.24) is 19.8 Å². The Kier molecular flexibility index (Phi) is 5.64. The van der Waals surface area contributed by atoms with E-state index in [0.717, 1.165) is 16.5 Å². The summed E-state index contributed by atoms with van der Waals surface area (Å²) in [4.78, 5) is 7.16. The lowest BCUT2D eigenvalue weighted by molar-refractivity contribution is 0.197. The second kappa shape index (κ2) is 8.58. The molecular weight excluding hydrogens is 416 g/mol. The fourth-order valence-electron chi connectivity index (χ4n) is 5.54. The van der Waals surface area contributed by atoms with Crippen LogP contribution in [0, 0.1) is 13.8 Å². The predicted molar refractivity (Wildman–Crippen MR) is 131 cm³/mol. The van der Waals surface area contributed by atoms with Gasteiger partial charge in [0.15, 0.2) is 5.11 Å². The third kappa shape index (κ3) is 3.66. The average molecular weight is 447 g/mol. The van der Waals surface area contributed by atoms with Crippen molar-refractivity contribution in [1.29, 1.82) is 0 Å². The van der Waals surface area contributed by atoms with Crippen molar-refractivity contribution in [3.8, 4) is 11.4 Å². The molecule has 2 atom stereocenters. The van der Waals surface area contributed by atoms with Gasteiger partial charge in [-0.15, -0.1) is 0 Å². The number of aryl methyl sites for hydroxylation is 1. The Morgan fingerprint density at radius 2 is 1.78 bits per heavy atom. The van der Waals surface area contributed by atoms with E-state index in [0.29, 0.717) is 6.04 Å². The van der Waals surface area contributed by atoms with E-state index in [1.165, 1.54) is 49.1 Å². The Balaban J connectivity index is 1.62. The normalized spacial score (nSPS) is 21.7. The maximum absolute atomic E-state index is 9.74. The molecule has 0 radical (unpaired) electrons. The number of nitrogens with zero attached hydrogens (tertiary/aromatic N) is 3. The van der Waals surface area contributed by atoms with Crippen LogP contribution >= 0.6 is 12.2 Å². The third-order valence-corrected chi connectivity index (χ3v) is 7.33. The first-order valence-corrected chi connectivity index (χ1v) is 11.9. The standard InChI is InChI=1S/C26H30N4OS/c1-17-16-22(18(2)29(17)20-11-13-21(31)14-12-20)25-24(23-10-6-7-15-27-23)28-26(32)30(25)19-8-4-3-5-9-19/h6-7,10-16,19,24-25,31H,3-5,8-9H2,1-2H3,(H,28,32). The van der Waals surface area contributed by atoms with Crippen LogP contribution < -0.4 is 5.32 Å². The molecule has 1 aliphatic heterocycles. The van der Waals surface area contributed by atoms with E-state index in [9.17, 15) is 5.11 Å². The van der Waals surface area contributed by atoms with Crippen molar-refractivity contribution in [2.45, 2.75) is 64.1 Å². The number of aromatic hydroxyl groups is 1. The molecule has 1 saturated carbocycles. The quantitative estimate of drug-likeness (QED) is 0.518. The smallest absolute Gasteiger partial charge is 0.170 e. The summed E-state index contributed by atoms with van der Waals surface area (Å²) in [6.07, 6.45) is 8.07. The van der Waals surface area contributed by atoms with Crippen molar-refractivity contribution in [2.24, 2.45) is 0 Å². The van der Waals surface area contributed by atoms with E-state index in [2.05, 4.69) is 40.8 Å². The van der Waals surface area contributed by atoms with Gasteiger partial charge in [0, 0.05) is 29.3 Å². The molecule has 0 amide bonds. The fraction of sp³-hybridized carbons (Fsp3) is 0.385. The number of aromatic nitrogens is 2. The summed E-state index contributed by atoms with van der Waals surface area (Å²) < 4.78 is 2.27. The number of hydrogen-bond acceptors (Lipinski definition) is 3. The van der Waals surface area contributed by atoms with Gasteiger partial charge in [0.2, 0.25) is 0 Å². The molecule has 6 heteroatoms. The Bertz CT molecular complexity index is 1100. The molecular formula is C26H30N4OS. The predicted octanol–water partition coefficient (Wildman–Crippen LogP) is 5.50. The van der Waals surface area contributed by atoms with Crippen LogP contribution in [-0.4, -0.2) is 30.7 Å². The minimum atomic E-state index is 0.0133. The average Bonchev–Trinajstić information content (AvgIpc) is 3.31. The Morgan fingerprint density at radius 3 is 2.47 bits per heavy atom. The summed E-state index contributed by atoms with van der Waals surface area (Å²) in [7, 11) is 0. The number of nitrogens with one attached hydrogen (secondary N) is 1. The molecule has 1 aromatic carbocycles. The van der Waals surface area contributed by atoms with Crippen molar-refractivity contribution in [3.63, 3.8) is 0 Å². The van der Waals surface area contributed by atoms with Gasteiger partial charge in [-0.3, -0.25) is 4.98 Å². The topological polar surface area (TPSA) is 53.3 Å². The first-order valence-electron chi connectivity index (χ1n) is 11.5. The van der Waals surface area contributed by atoms with Crippen LogP contribution in [0.5, 0.6) is 5.75 Å². The summed E-state index contributed by atoms with van der Waals surface area (Å²) in [6.45, 7) is 4.33. The zero-order valence-corrected chi connectivity index (χ0v) is 19.5. The lowest BCUT2D eigenvalue weighted by Crippen LogP contribution is -2.40. The van der Waals surface area contributed by atoms with Gasteiger partial charge in [0.25, 0.3) is 0 Å². The molecule has 2 fully saturated rings. The highest BCUT2D eigenvalue weighted by molar-refractivity contribution is 7.80. The highest BCUT2D eigenvalue weighted by atomic mass is 32.1. The zero-order chi connectivity index (χ0) is 22.2. The number of rotatable bonds is 4. The van der Waals surface area contributed by atoms with E-state index in [-0.39, 0.29) is 17.8 Å². The molecule has 1 saturated heterocycles. The van der Waals surface area contributed by atoms with Gasteiger partial charge in [-0.25, -0.2) is 0 Å². The lowest BCUT2D eigenvalue weighted by atomic mass is 9.90. The first kappa shape index (κ1) is 21.0. The number of benzene rings is 1. The molecule has 5 nitrogen and oxygen atoms in total. The van der Waals surface area contributed by atoms with Crippen molar-refractivity contribution in [2.75, 3.05) is 0 Å². The SMILES string of the molecule is Cc1cc(C2C(c3ccccn3)NC(=S)N2C2CCCCC2)c(C)n1-c1ccc(O)cc1. The Hall–Kier alpha value is -2.86. The van der Waals surface area contributed by atoms with Crippen LogP contribution in [0.1, 0.15) is 66.8 Å². The summed E-state index contributed by atoms with van der Waals surface area (Å²) in [5.41, 5.74) is 5.73. The summed E-state index contributed by atoms with van der Waals surface area (Å²) in [6, 6.07) is 16.4. The number of pyridine rings is 1. The minimum Gasteiger partial charge on any atom is -0.508 e. The molecule has 2 aliphatic rings. The monoisotopic (exact) mass is 446 g/mol. The second-order valence-electron chi connectivity index (χ2n) is 9.00. The van der Waals surface area contributed by atoms with Crippen molar-refractivity contribution in [3.05, 3.63) is 77.4 Å². The second-order valence-corrected chi connectivity index (χ2v) is 9.39. The highest BCUT2D eigenvalue weighted by Crippen LogP contribution is 2.44. The van der Waals surface area contributed by atoms with E-state index >= 15 is 0 Å².